The van der Waals surface area contributed by atoms with Crippen LogP contribution in [0.1, 0.15) is 51.1 Å². The summed E-state index contributed by atoms with van der Waals surface area (Å²) < 4.78 is 6.25. The SMILES string of the molecule is CC(C)C1C=C(CNc2nc(Nc3cc(C4CC4)[nH]n3)cc(OC3CCN(C)CC3)n2)ON1. The van der Waals surface area contributed by atoms with E-state index >= 15 is 0 Å². The van der Waals surface area contributed by atoms with Crippen molar-refractivity contribution in [3.05, 3.63) is 29.7 Å². The van der Waals surface area contributed by atoms with E-state index in [1.54, 1.807) is 0 Å². The van der Waals surface area contributed by atoms with Gasteiger partial charge < -0.3 is 25.1 Å². The lowest BCUT2D eigenvalue weighted by atomic mass is 10.1. The van der Waals surface area contributed by atoms with Gasteiger partial charge in [-0.15, -0.1) is 5.48 Å². The number of nitrogens with one attached hydrogen (secondary N) is 4. The topological polar surface area (TPSA) is 112 Å². The number of hydrogen-bond donors (Lipinski definition) is 4. The average molecular weight is 455 g/mol. The van der Waals surface area contributed by atoms with Crippen molar-refractivity contribution in [2.24, 2.45) is 5.92 Å². The summed E-state index contributed by atoms with van der Waals surface area (Å²) in [6, 6.07) is 4.11. The Morgan fingerprint density at radius 2 is 1.97 bits per heavy atom. The smallest absolute Gasteiger partial charge is 0.228 e. The molecule has 1 unspecified atom stereocenters. The maximum Gasteiger partial charge on any atom is 0.228 e. The quantitative estimate of drug-likeness (QED) is 0.454. The van der Waals surface area contributed by atoms with Crippen LogP contribution in [0.15, 0.2) is 24.0 Å². The molecule has 178 valence electrons. The molecule has 0 radical (unpaired) electrons. The molecule has 10 nitrogen and oxygen atoms in total. The molecule has 1 atom stereocenters. The van der Waals surface area contributed by atoms with Crippen LogP contribution in [0.2, 0.25) is 0 Å². The first kappa shape index (κ1) is 22.0. The molecule has 4 N–H and O–H groups in total. The van der Waals surface area contributed by atoms with Gasteiger partial charge in [-0.3, -0.25) is 5.10 Å². The summed E-state index contributed by atoms with van der Waals surface area (Å²) in [5, 5.41) is 14.1. The van der Waals surface area contributed by atoms with Gasteiger partial charge in [0.2, 0.25) is 11.8 Å². The number of likely N-dealkylation sites (tertiary alicyclic amines) is 1. The summed E-state index contributed by atoms with van der Waals surface area (Å²) in [6.45, 7) is 6.85. The summed E-state index contributed by atoms with van der Waals surface area (Å²) in [6.07, 6.45) is 6.67. The van der Waals surface area contributed by atoms with Crippen molar-refractivity contribution >= 4 is 17.6 Å². The Balaban J connectivity index is 1.30. The van der Waals surface area contributed by atoms with Crippen molar-refractivity contribution in [3.63, 3.8) is 0 Å². The zero-order valence-corrected chi connectivity index (χ0v) is 19.6. The molecule has 10 heteroatoms. The molecule has 3 aliphatic rings. The average Bonchev–Trinajstić information content (AvgIpc) is 3.34. The number of aromatic nitrogens is 4. The molecule has 0 spiro atoms. The van der Waals surface area contributed by atoms with Gasteiger partial charge in [-0.05, 0) is 44.7 Å². The number of H-pyrrole nitrogens is 1. The fraction of sp³-hybridized carbons (Fsp3) is 0.609. The molecule has 1 saturated carbocycles. The van der Waals surface area contributed by atoms with Crippen molar-refractivity contribution in [1.82, 2.24) is 30.5 Å². The molecular formula is C23H34N8O2. The Labute approximate surface area is 194 Å². The number of anilines is 3. The first-order chi connectivity index (χ1) is 16.0. The fourth-order valence-electron chi connectivity index (χ4n) is 4.04. The fourth-order valence-corrected chi connectivity index (χ4v) is 4.04. The van der Waals surface area contributed by atoms with Gasteiger partial charge in [0.1, 0.15) is 17.7 Å². The zero-order chi connectivity index (χ0) is 22.8. The standard InChI is InChI=1S/C23H34N8O2/c1-14(2)18-10-17(33-30-18)13-24-23-26-20(25-21-11-19(28-29-21)15-4-5-15)12-22(27-23)32-16-6-8-31(3)9-7-16/h10-12,14-16,18,30H,4-9,13H2,1-3H3,(H3,24,25,26,27,28,29). The van der Waals surface area contributed by atoms with Crippen molar-refractivity contribution in [1.29, 1.82) is 0 Å². The van der Waals surface area contributed by atoms with E-state index in [1.807, 2.05) is 6.07 Å². The van der Waals surface area contributed by atoms with Crippen LogP contribution in [0.25, 0.3) is 0 Å². The lowest BCUT2D eigenvalue weighted by molar-refractivity contribution is 0.104. The first-order valence-corrected chi connectivity index (χ1v) is 12.0. The van der Waals surface area contributed by atoms with Crippen LogP contribution in [-0.2, 0) is 4.84 Å². The molecule has 2 fully saturated rings. The second-order valence-electron chi connectivity index (χ2n) is 9.62. The highest BCUT2D eigenvalue weighted by Gasteiger charge is 2.26. The van der Waals surface area contributed by atoms with Crippen molar-refractivity contribution < 1.29 is 9.57 Å². The number of hydroxylamine groups is 1. The molecule has 2 aromatic rings. The van der Waals surface area contributed by atoms with E-state index in [4.69, 9.17) is 9.57 Å². The highest BCUT2D eigenvalue weighted by molar-refractivity contribution is 5.55. The third-order valence-corrected chi connectivity index (χ3v) is 6.36. The summed E-state index contributed by atoms with van der Waals surface area (Å²) in [4.78, 5) is 17.2. The second-order valence-corrected chi connectivity index (χ2v) is 9.62. The molecule has 2 aliphatic heterocycles. The Hall–Kier alpha value is -2.85. The molecule has 0 bridgehead atoms. The molecule has 0 aromatic carbocycles. The van der Waals surface area contributed by atoms with Gasteiger partial charge in [-0.25, -0.2) is 0 Å². The minimum Gasteiger partial charge on any atom is -0.474 e. The van der Waals surface area contributed by atoms with Gasteiger partial charge in [-0.2, -0.15) is 15.1 Å². The van der Waals surface area contributed by atoms with Gasteiger partial charge in [0.25, 0.3) is 0 Å². The molecule has 1 aliphatic carbocycles. The number of ether oxygens (including phenoxy) is 1. The Morgan fingerprint density at radius 3 is 2.70 bits per heavy atom. The minimum absolute atomic E-state index is 0.153. The molecule has 0 amide bonds. The molecule has 33 heavy (non-hydrogen) atoms. The van der Waals surface area contributed by atoms with E-state index in [0.717, 1.165) is 37.5 Å². The van der Waals surface area contributed by atoms with Gasteiger partial charge in [0.15, 0.2) is 5.82 Å². The van der Waals surface area contributed by atoms with Crippen molar-refractivity contribution in [3.8, 4) is 5.88 Å². The van der Waals surface area contributed by atoms with Crippen LogP contribution in [0.4, 0.5) is 17.6 Å². The zero-order valence-electron chi connectivity index (χ0n) is 19.6. The van der Waals surface area contributed by atoms with E-state index < -0.39 is 0 Å². The summed E-state index contributed by atoms with van der Waals surface area (Å²) >= 11 is 0. The van der Waals surface area contributed by atoms with Crippen LogP contribution in [0, 0.1) is 5.92 Å². The molecular weight excluding hydrogens is 420 g/mol. The number of piperidine rings is 1. The van der Waals surface area contributed by atoms with E-state index in [9.17, 15) is 0 Å². The number of aromatic amines is 1. The predicted molar refractivity (Wildman–Crippen MR) is 126 cm³/mol. The largest absolute Gasteiger partial charge is 0.474 e. The highest BCUT2D eigenvalue weighted by Crippen LogP contribution is 2.39. The minimum atomic E-state index is 0.153. The number of hydrogen-bond acceptors (Lipinski definition) is 9. The number of rotatable bonds is 9. The number of nitrogens with zero attached hydrogens (tertiary/aromatic N) is 4. The monoisotopic (exact) mass is 454 g/mol. The maximum absolute atomic E-state index is 6.25. The van der Waals surface area contributed by atoms with E-state index in [2.05, 4.69) is 74.2 Å². The lowest BCUT2D eigenvalue weighted by Crippen LogP contribution is -2.35. The van der Waals surface area contributed by atoms with Crippen molar-refractivity contribution in [2.45, 2.75) is 57.6 Å². The molecule has 5 rings (SSSR count). The summed E-state index contributed by atoms with van der Waals surface area (Å²) in [5.74, 6) is 4.33. The Bertz CT molecular complexity index is 979. The summed E-state index contributed by atoms with van der Waals surface area (Å²) in [5.41, 5.74) is 4.22. The molecule has 1 saturated heterocycles. The van der Waals surface area contributed by atoms with Crippen molar-refractivity contribution in [2.75, 3.05) is 37.3 Å². The van der Waals surface area contributed by atoms with E-state index in [1.165, 1.54) is 18.5 Å². The van der Waals surface area contributed by atoms with Gasteiger partial charge in [-0.1, -0.05) is 13.8 Å². The van der Waals surface area contributed by atoms with E-state index in [-0.39, 0.29) is 12.1 Å². The second kappa shape index (κ2) is 9.56. The first-order valence-electron chi connectivity index (χ1n) is 12.0. The highest BCUT2D eigenvalue weighted by atomic mass is 16.7. The van der Waals surface area contributed by atoms with Crippen LogP contribution in [0.5, 0.6) is 5.88 Å². The van der Waals surface area contributed by atoms with Crippen LogP contribution in [-0.4, -0.2) is 63.9 Å². The van der Waals surface area contributed by atoms with Gasteiger partial charge in [0, 0.05) is 36.8 Å². The summed E-state index contributed by atoms with van der Waals surface area (Å²) in [7, 11) is 2.14. The van der Waals surface area contributed by atoms with Gasteiger partial charge >= 0.3 is 0 Å². The van der Waals surface area contributed by atoms with Crippen LogP contribution >= 0.6 is 0 Å². The van der Waals surface area contributed by atoms with Crippen LogP contribution in [0.3, 0.4) is 0 Å². The molecule has 4 heterocycles. The van der Waals surface area contributed by atoms with E-state index in [0.29, 0.717) is 36.0 Å². The normalized spacial score (nSPS) is 21.7. The third kappa shape index (κ3) is 5.75. The maximum atomic E-state index is 6.25. The Morgan fingerprint density at radius 1 is 1.15 bits per heavy atom. The third-order valence-electron chi connectivity index (χ3n) is 6.36. The molecule has 2 aromatic heterocycles. The van der Waals surface area contributed by atoms with Crippen LogP contribution < -0.4 is 20.9 Å². The van der Waals surface area contributed by atoms with Gasteiger partial charge in [0.05, 0.1) is 12.6 Å². The lowest BCUT2D eigenvalue weighted by Gasteiger charge is -2.29. The Kier molecular flexibility index (Phi) is 6.37. The predicted octanol–water partition coefficient (Wildman–Crippen LogP) is 3.15.